The van der Waals surface area contributed by atoms with E-state index in [2.05, 4.69) is 9.98 Å². The van der Waals surface area contributed by atoms with Crippen molar-refractivity contribution in [3.05, 3.63) is 76.7 Å². The first-order valence-electron chi connectivity index (χ1n) is 8.84. The van der Waals surface area contributed by atoms with E-state index in [1.807, 2.05) is 6.92 Å². The van der Waals surface area contributed by atoms with Gasteiger partial charge in [0.05, 0.1) is 23.6 Å². The number of aliphatic imine (C=N–C) groups is 1. The Kier molecular flexibility index (Phi) is 6.30. The highest BCUT2D eigenvalue weighted by atomic mass is 35.5. The zero-order chi connectivity index (χ0) is 21.0. The smallest absolute Gasteiger partial charge is 0.182 e. The highest BCUT2D eigenvalue weighted by molar-refractivity contribution is 7.91. The van der Waals surface area contributed by atoms with Gasteiger partial charge in [0.25, 0.3) is 0 Å². The number of carbonyl (C=O) groups excluding carboxylic acids is 1. The topological polar surface area (TPSA) is 85.7 Å². The van der Waals surface area contributed by atoms with Crippen LogP contribution in [0.4, 0.5) is 0 Å². The van der Waals surface area contributed by atoms with Crippen LogP contribution >= 0.6 is 11.6 Å². The summed E-state index contributed by atoms with van der Waals surface area (Å²) >= 11 is 6.20. The Bertz CT molecular complexity index is 1150. The van der Waals surface area contributed by atoms with Gasteiger partial charge < -0.3 is 4.74 Å². The molecule has 150 valence electrons. The molecule has 1 aromatic heterocycles. The summed E-state index contributed by atoms with van der Waals surface area (Å²) in [4.78, 5) is 21.3. The molecule has 8 heteroatoms. The molecule has 0 bridgehead atoms. The van der Waals surface area contributed by atoms with Gasteiger partial charge in [0.1, 0.15) is 22.0 Å². The fourth-order valence-electron chi connectivity index (χ4n) is 2.89. The van der Waals surface area contributed by atoms with Crippen molar-refractivity contribution in [2.24, 2.45) is 4.99 Å². The Morgan fingerprint density at radius 3 is 2.66 bits per heavy atom. The summed E-state index contributed by atoms with van der Waals surface area (Å²) in [6.45, 7) is 1.82. The second kappa shape index (κ2) is 8.71. The first-order valence-corrected chi connectivity index (χ1v) is 10.9. The molecule has 0 amide bonds. The van der Waals surface area contributed by atoms with Crippen molar-refractivity contribution >= 4 is 32.9 Å². The number of halogens is 1. The van der Waals surface area contributed by atoms with E-state index in [1.54, 1.807) is 48.7 Å². The highest BCUT2D eigenvalue weighted by Crippen LogP contribution is 2.27. The Morgan fingerprint density at radius 2 is 1.97 bits per heavy atom. The number of rotatable bonds is 7. The summed E-state index contributed by atoms with van der Waals surface area (Å²) in [5.74, 6) is -0.463. The van der Waals surface area contributed by atoms with E-state index >= 15 is 0 Å². The summed E-state index contributed by atoms with van der Waals surface area (Å²) < 4.78 is 30.4. The van der Waals surface area contributed by atoms with Crippen LogP contribution in [0.25, 0.3) is 0 Å². The number of nitrogens with zero attached hydrogens (tertiary/aromatic N) is 2. The van der Waals surface area contributed by atoms with Crippen molar-refractivity contribution in [1.29, 1.82) is 0 Å². The minimum atomic E-state index is -3.69. The molecule has 3 rings (SSSR count). The lowest BCUT2D eigenvalue weighted by Crippen LogP contribution is -2.13. The quantitative estimate of drug-likeness (QED) is 0.666. The molecule has 1 aromatic carbocycles. The molecule has 0 aliphatic carbocycles. The van der Waals surface area contributed by atoms with Gasteiger partial charge in [-0.25, -0.2) is 13.4 Å². The fourth-order valence-corrected chi connectivity index (χ4v) is 4.52. The van der Waals surface area contributed by atoms with Crippen LogP contribution in [0.5, 0.6) is 5.75 Å². The first-order chi connectivity index (χ1) is 13.9. The monoisotopic (exact) mass is 430 g/mol. The number of carbonyl (C=O) groups is 1. The Hall–Kier alpha value is -2.77. The molecule has 0 unspecified atom stereocenters. The second-order valence-corrected chi connectivity index (χ2v) is 8.70. The van der Waals surface area contributed by atoms with Crippen molar-refractivity contribution in [1.82, 2.24) is 4.98 Å². The minimum Gasteiger partial charge on any atom is -0.495 e. The molecule has 0 saturated carbocycles. The number of methoxy groups -OCH3 is 1. The van der Waals surface area contributed by atoms with E-state index in [0.717, 1.165) is 0 Å². The third kappa shape index (κ3) is 4.46. The van der Waals surface area contributed by atoms with Crippen LogP contribution in [0, 0.1) is 0 Å². The van der Waals surface area contributed by atoms with Crippen molar-refractivity contribution in [3.63, 3.8) is 0 Å². The lowest BCUT2D eigenvalue weighted by molar-refractivity contribution is -0.115. The molecule has 2 heterocycles. The van der Waals surface area contributed by atoms with Crippen LogP contribution in [-0.4, -0.2) is 37.8 Å². The van der Waals surface area contributed by atoms with Crippen LogP contribution < -0.4 is 4.74 Å². The summed E-state index contributed by atoms with van der Waals surface area (Å²) in [6, 6.07) is 9.73. The van der Waals surface area contributed by atoms with E-state index in [9.17, 15) is 13.2 Å². The van der Waals surface area contributed by atoms with Crippen molar-refractivity contribution in [3.8, 4) is 5.75 Å². The molecule has 0 N–H and O–H groups in total. The zero-order valence-electron chi connectivity index (χ0n) is 15.9. The lowest BCUT2D eigenvalue weighted by Gasteiger charge is -2.08. The number of Topliss-reactive ketones (excluding diaryl/α,β-unsaturated/α-hetero) is 1. The van der Waals surface area contributed by atoms with Gasteiger partial charge in [-0.3, -0.25) is 9.78 Å². The number of para-hydroxylation sites is 1. The third-order valence-corrected chi connectivity index (χ3v) is 6.43. The molecule has 0 radical (unpaired) electrons. The van der Waals surface area contributed by atoms with E-state index in [0.29, 0.717) is 22.0 Å². The minimum absolute atomic E-state index is 0.0642. The van der Waals surface area contributed by atoms with Gasteiger partial charge in [0.15, 0.2) is 15.6 Å². The normalized spacial score (nSPS) is 15.2. The molecular formula is C21H19ClN2O4S. The molecule has 0 fully saturated rings. The average Bonchev–Trinajstić information content (AvgIpc) is 3.16. The van der Waals surface area contributed by atoms with E-state index in [4.69, 9.17) is 16.3 Å². The van der Waals surface area contributed by atoms with Crippen molar-refractivity contribution in [2.45, 2.75) is 18.2 Å². The number of hydrogen-bond acceptors (Lipinski definition) is 6. The Labute approximate surface area is 174 Å². The number of ether oxygens (including phenoxy) is 1. The molecule has 0 spiro atoms. The van der Waals surface area contributed by atoms with Gasteiger partial charge in [0.2, 0.25) is 0 Å². The standard InChI is InChI=1S/C21H19ClN2O4S/c1-3-14-13-16(24-20(14)21-15(22)7-6-11-23-21)17(25)10-12-29(26,27)19-9-5-4-8-18(19)28-2/h3-9,11,13H,10,12H2,1-2H3/b14-3+. The van der Waals surface area contributed by atoms with Gasteiger partial charge in [-0.1, -0.05) is 29.8 Å². The van der Waals surface area contributed by atoms with E-state index in [-0.39, 0.29) is 34.3 Å². The maximum atomic E-state index is 12.7. The van der Waals surface area contributed by atoms with Gasteiger partial charge >= 0.3 is 0 Å². The second-order valence-electron chi connectivity index (χ2n) is 6.21. The van der Waals surface area contributed by atoms with Crippen LogP contribution in [0.2, 0.25) is 5.02 Å². The molecule has 1 aliphatic heterocycles. The molecule has 6 nitrogen and oxygen atoms in total. The van der Waals surface area contributed by atoms with Gasteiger partial charge in [-0.15, -0.1) is 0 Å². The van der Waals surface area contributed by atoms with E-state index < -0.39 is 9.84 Å². The summed E-state index contributed by atoms with van der Waals surface area (Å²) in [5.41, 5.74) is 1.86. The average molecular weight is 431 g/mol. The third-order valence-electron chi connectivity index (χ3n) is 4.38. The summed E-state index contributed by atoms with van der Waals surface area (Å²) in [6.07, 6.45) is 4.82. The number of allylic oxidation sites excluding steroid dienone is 4. The van der Waals surface area contributed by atoms with Crippen LogP contribution in [0.15, 0.2) is 75.9 Å². The Morgan fingerprint density at radius 1 is 1.21 bits per heavy atom. The van der Waals surface area contributed by atoms with E-state index in [1.165, 1.54) is 13.2 Å². The predicted octanol–water partition coefficient (Wildman–Crippen LogP) is 3.81. The fraction of sp³-hybridized carbons (Fsp3) is 0.190. The number of ketones is 1. The van der Waals surface area contributed by atoms with Crippen molar-refractivity contribution < 1.29 is 17.9 Å². The van der Waals surface area contributed by atoms with Crippen LogP contribution in [0.3, 0.4) is 0 Å². The number of sulfone groups is 1. The highest BCUT2D eigenvalue weighted by Gasteiger charge is 2.25. The van der Waals surface area contributed by atoms with Gasteiger partial charge in [-0.05, 0) is 37.3 Å². The summed E-state index contributed by atoms with van der Waals surface area (Å²) in [5, 5.41) is 0.423. The molecule has 0 atom stereocenters. The zero-order valence-corrected chi connectivity index (χ0v) is 17.5. The van der Waals surface area contributed by atoms with Gasteiger partial charge in [0, 0.05) is 18.2 Å². The number of benzene rings is 1. The van der Waals surface area contributed by atoms with Gasteiger partial charge in [-0.2, -0.15) is 0 Å². The lowest BCUT2D eigenvalue weighted by atomic mass is 10.1. The first kappa shape index (κ1) is 21.0. The molecule has 0 saturated heterocycles. The molecular weight excluding hydrogens is 412 g/mol. The SMILES string of the molecule is C/C=C1\C=C(C(=O)CCS(=O)(=O)c2ccccc2OC)N=C1c1ncccc1Cl. The number of hydrogen-bond donors (Lipinski definition) is 0. The number of pyridine rings is 1. The molecule has 2 aromatic rings. The van der Waals surface area contributed by atoms with Crippen LogP contribution in [0.1, 0.15) is 19.0 Å². The number of aromatic nitrogens is 1. The molecule has 1 aliphatic rings. The van der Waals surface area contributed by atoms with Crippen LogP contribution in [-0.2, 0) is 14.6 Å². The predicted molar refractivity (Wildman–Crippen MR) is 112 cm³/mol. The maximum absolute atomic E-state index is 12.7. The largest absolute Gasteiger partial charge is 0.495 e. The molecule has 29 heavy (non-hydrogen) atoms. The Balaban J connectivity index is 1.80. The van der Waals surface area contributed by atoms with Crippen molar-refractivity contribution in [2.75, 3.05) is 12.9 Å². The summed E-state index contributed by atoms with van der Waals surface area (Å²) in [7, 11) is -2.29. The maximum Gasteiger partial charge on any atom is 0.182 e.